The monoisotopic (exact) mass is 198 g/mol. The van der Waals surface area contributed by atoms with E-state index >= 15 is 0 Å². The molecular weight excluding hydrogens is 176 g/mol. The zero-order chi connectivity index (χ0) is 11.0. The first kappa shape index (κ1) is 13.2. The number of nitrogens with one attached hydrogen (secondary N) is 2. The third kappa shape index (κ3) is 6.66. The van der Waals surface area contributed by atoms with Gasteiger partial charge in [-0.3, -0.25) is 4.79 Å². The van der Waals surface area contributed by atoms with Gasteiger partial charge in [0.1, 0.15) is 0 Å². The second kappa shape index (κ2) is 7.56. The zero-order valence-corrected chi connectivity index (χ0v) is 9.52. The molecule has 0 saturated heterocycles. The van der Waals surface area contributed by atoms with E-state index in [-0.39, 0.29) is 5.91 Å². The molecule has 0 bridgehead atoms. The first-order chi connectivity index (χ1) is 6.57. The smallest absolute Gasteiger partial charge is 0.246 e. The Morgan fingerprint density at radius 1 is 1.43 bits per heavy atom. The van der Waals surface area contributed by atoms with Crippen LogP contribution in [0.1, 0.15) is 33.6 Å². The third-order valence-corrected chi connectivity index (χ3v) is 1.99. The summed E-state index contributed by atoms with van der Waals surface area (Å²) >= 11 is 0. The maximum absolute atomic E-state index is 11.1. The van der Waals surface area contributed by atoms with E-state index in [2.05, 4.69) is 31.1 Å². The number of hydrogen-bond acceptors (Lipinski definition) is 2. The van der Waals surface area contributed by atoms with Crippen LogP contribution in [0.4, 0.5) is 0 Å². The Morgan fingerprint density at radius 2 is 2.07 bits per heavy atom. The summed E-state index contributed by atoms with van der Waals surface area (Å²) in [7, 11) is 0. The summed E-state index contributed by atoms with van der Waals surface area (Å²) < 4.78 is 0. The molecule has 1 amide bonds. The van der Waals surface area contributed by atoms with E-state index in [4.69, 9.17) is 0 Å². The van der Waals surface area contributed by atoms with Crippen molar-refractivity contribution in [2.75, 3.05) is 13.1 Å². The summed E-state index contributed by atoms with van der Waals surface area (Å²) in [4.78, 5) is 11.1. The van der Waals surface area contributed by atoms with E-state index in [0.29, 0.717) is 18.2 Å². The normalized spacial score (nSPS) is 12.2. The van der Waals surface area contributed by atoms with Gasteiger partial charge in [0.2, 0.25) is 5.91 Å². The van der Waals surface area contributed by atoms with Crippen LogP contribution in [0.2, 0.25) is 0 Å². The molecule has 0 fully saturated rings. The lowest BCUT2D eigenvalue weighted by Gasteiger charge is -2.13. The average Bonchev–Trinajstić information content (AvgIpc) is 2.14. The van der Waals surface area contributed by atoms with Crippen LogP contribution in [0, 0.1) is 0 Å². The van der Waals surface area contributed by atoms with E-state index in [1.54, 1.807) is 6.92 Å². The molecule has 1 atom stereocenters. The number of amides is 1. The van der Waals surface area contributed by atoms with Gasteiger partial charge in [0, 0.05) is 18.2 Å². The predicted octanol–water partition coefficient (Wildman–Crippen LogP) is 1.46. The maximum atomic E-state index is 11.1. The molecule has 0 aliphatic heterocycles. The van der Waals surface area contributed by atoms with Gasteiger partial charge < -0.3 is 10.6 Å². The van der Waals surface area contributed by atoms with Crippen molar-refractivity contribution in [2.45, 2.75) is 39.7 Å². The minimum Gasteiger partial charge on any atom is -0.352 e. The van der Waals surface area contributed by atoms with Gasteiger partial charge in [0.25, 0.3) is 0 Å². The fourth-order valence-electron chi connectivity index (χ4n) is 1.05. The summed E-state index contributed by atoms with van der Waals surface area (Å²) in [6.45, 7) is 11.3. The van der Waals surface area contributed by atoms with Gasteiger partial charge in [-0.15, -0.1) is 0 Å². The quantitative estimate of drug-likeness (QED) is 0.608. The molecule has 1 unspecified atom stereocenters. The second-order valence-corrected chi connectivity index (χ2v) is 3.68. The standard InChI is InChI=1S/C11H22N2O/c1-5-7-12-10(4)6-8-13-11(14)9(2)3/h10,12H,2,5-8H2,1,3-4H3,(H,13,14). The summed E-state index contributed by atoms with van der Waals surface area (Å²) in [5, 5.41) is 6.17. The lowest BCUT2D eigenvalue weighted by atomic mass is 10.2. The van der Waals surface area contributed by atoms with Crippen LogP contribution in [-0.2, 0) is 4.79 Å². The van der Waals surface area contributed by atoms with Crippen LogP contribution >= 0.6 is 0 Å². The van der Waals surface area contributed by atoms with Crippen molar-refractivity contribution in [3.05, 3.63) is 12.2 Å². The second-order valence-electron chi connectivity index (χ2n) is 3.68. The Bertz CT molecular complexity index is 190. The molecule has 82 valence electrons. The van der Waals surface area contributed by atoms with Crippen LogP contribution < -0.4 is 10.6 Å². The lowest BCUT2D eigenvalue weighted by Crippen LogP contribution is -2.32. The number of carbonyl (C=O) groups is 1. The molecular formula is C11H22N2O. The van der Waals surface area contributed by atoms with E-state index < -0.39 is 0 Å². The van der Waals surface area contributed by atoms with E-state index in [1.165, 1.54) is 0 Å². The molecule has 2 N–H and O–H groups in total. The molecule has 0 aliphatic rings. The van der Waals surface area contributed by atoms with Crippen molar-refractivity contribution >= 4 is 5.91 Å². The third-order valence-electron chi connectivity index (χ3n) is 1.99. The lowest BCUT2D eigenvalue weighted by molar-refractivity contribution is -0.117. The van der Waals surface area contributed by atoms with Gasteiger partial charge in [-0.2, -0.15) is 0 Å². The van der Waals surface area contributed by atoms with Gasteiger partial charge >= 0.3 is 0 Å². The zero-order valence-electron chi connectivity index (χ0n) is 9.52. The Labute approximate surface area is 87.0 Å². The van der Waals surface area contributed by atoms with Crippen LogP contribution in [0.25, 0.3) is 0 Å². The van der Waals surface area contributed by atoms with Crippen molar-refractivity contribution in [2.24, 2.45) is 0 Å². The van der Waals surface area contributed by atoms with Crippen molar-refractivity contribution in [1.29, 1.82) is 0 Å². The molecule has 0 rings (SSSR count). The largest absolute Gasteiger partial charge is 0.352 e. The highest BCUT2D eigenvalue weighted by Crippen LogP contribution is 1.91. The summed E-state index contributed by atoms with van der Waals surface area (Å²) in [5.74, 6) is -0.0484. The first-order valence-corrected chi connectivity index (χ1v) is 5.25. The van der Waals surface area contributed by atoms with Crippen molar-refractivity contribution in [3.8, 4) is 0 Å². The number of rotatable bonds is 7. The molecule has 0 saturated carbocycles. The van der Waals surface area contributed by atoms with Gasteiger partial charge in [-0.25, -0.2) is 0 Å². The maximum Gasteiger partial charge on any atom is 0.246 e. The SMILES string of the molecule is C=C(C)C(=O)NCCC(C)NCCC. The highest BCUT2D eigenvalue weighted by molar-refractivity contribution is 5.91. The predicted molar refractivity (Wildman–Crippen MR) is 60.2 cm³/mol. The van der Waals surface area contributed by atoms with Crippen LogP contribution in [0.3, 0.4) is 0 Å². The minimum absolute atomic E-state index is 0.0484. The molecule has 0 spiro atoms. The molecule has 0 heterocycles. The summed E-state index contributed by atoms with van der Waals surface area (Å²) in [5.41, 5.74) is 0.569. The van der Waals surface area contributed by atoms with Crippen molar-refractivity contribution < 1.29 is 4.79 Å². The topological polar surface area (TPSA) is 41.1 Å². The Morgan fingerprint density at radius 3 is 2.57 bits per heavy atom. The van der Waals surface area contributed by atoms with Crippen molar-refractivity contribution in [1.82, 2.24) is 10.6 Å². The molecule has 3 heteroatoms. The fraction of sp³-hybridized carbons (Fsp3) is 0.727. The molecule has 3 nitrogen and oxygen atoms in total. The summed E-state index contributed by atoms with van der Waals surface area (Å²) in [6.07, 6.45) is 2.10. The fourth-order valence-corrected chi connectivity index (χ4v) is 1.05. The first-order valence-electron chi connectivity index (χ1n) is 5.25. The average molecular weight is 198 g/mol. The van der Waals surface area contributed by atoms with E-state index in [9.17, 15) is 4.79 Å². The van der Waals surface area contributed by atoms with E-state index in [1.807, 2.05) is 0 Å². The van der Waals surface area contributed by atoms with Crippen molar-refractivity contribution in [3.63, 3.8) is 0 Å². The Hall–Kier alpha value is -0.830. The van der Waals surface area contributed by atoms with Gasteiger partial charge in [0.05, 0.1) is 0 Å². The molecule has 0 aromatic heterocycles. The van der Waals surface area contributed by atoms with Crippen LogP contribution in [0.5, 0.6) is 0 Å². The molecule has 0 radical (unpaired) electrons. The Kier molecular flexibility index (Phi) is 7.11. The summed E-state index contributed by atoms with van der Waals surface area (Å²) in [6, 6.07) is 0.459. The highest BCUT2D eigenvalue weighted by atomic mass is 16.1. The van der Waals surface area contributed by atoms with Gasteiger partial charge in [0.15, 0.2) is 0 Å². The van der Waals surface area contributed by atoms with Crippen LogP contribution in [0.15, 0.2) is 12.2 Å². The van der Waals surface area contributed by atoms with Crippen LogP contribution in [-0.4, -0.2) is 25.0 Å². The minimum atomic E-state index is -0.0484. The van der Waals surface area contributed by atoms with Gasteiger partial charge in [-0.05, 0) is 33.2 Å². The number of carbonyl (C=O) groups excluding carboxylic acids is 1. The molecule has 0 aromatic rings. The molecule has 0 aliphatic carbocycles. The Balaban J connectivity index is 3.44. The van der Waals surface area contributed by atoms with Gasteiger partial charge in [-0.1, -0.05) is 13.5 Å². The number of hydrogen-bond donors (Lipinski definition) is 2. The molecule has 14 heavy (non-hydrogen) atoms. The highest BCUT2D eigenvalue weighted by Gasteiger charge is 2.03. The van der Waals surface area contributed by atoms with E-state index in [0.717, 1.165) is 19.4 Å². The molecule has 0 aromatic carbocycles.